The highest BCUT2D eigenvalue weighted by Crippen LogP contribution is 2.21. The molecular weight excluding hydrogens is 284 g/mol. The topological polar surface area (TPSA) is 92.8 Å². The Morgan fingerprint density at radius 3 is 2.59 bits per heavy atom. The lowest BCUT2D eigenvalue weighted by Crippen LogP contribution is -2.03. The molecule has 2 aromatic carbocycles. The first kappa shape index (κ1) is 15.4. The lowest BCUT2D eigenvalue weighted by molar-refractivity contribution is -0.384. The van der Waals surface area contributed by atoms with Crippen molar-refractivity contribution in [2.75, 3.05) is 6.54 Å². The summed E-state index contributed by atoms with van der Waals surface area (Å²) in [5.74, 6) is -0.293. The Hall–Kier alpha value is -3.02. The van der Waals surface area contributed by atoms with E-state index in [4.69, 9.17) is 0 Å². The van der Waals surface area contributed by atoms with Gasteiger partial charge in [-0.2, -0.15) is 0 Å². The molecule has 0 bridgehead atoms. The molecule has 0 unspecified atom stereocenters. The van der Waals surface area contributed by atoms with Crippen LogP contribution in [0.2, 0.25) is 0 Å². The number of nitro groups is 1. The van der Waals surface area contributed by atoms with E-state index in [1.807, 2.05) is 19.1 Å². The average Bonchev–Trinajstić information content (AvgIpc) is 2.49. The van der Waals surface area contributed by atoms with Gasteiger partial charge in [0, 0.05) is 29.5 Å². The molecule has 0 aliphatic carbocycles. The fourth-order valence-electron chi connectivity index (χ4n) is 1.82. The Kier molecular flexibility index (Phi) is 4.63. The second-order valence-corrected chi connectivity index (χ2v) is 4.76. The molecule has 0 saturated carbocycles. The van der Waals surface area contributed by atoms with Gasteiger partial charge in [0.05, 0.1) is 4.92 Å². The standard InChI is InChI=1S/C16H14N2O4/c1-11-2-4-12(5-3-11)16(20)10-17-9-13-8-14(18(21)22)6-7-15(13)19/h2-9,19H,10H2,1H3. The maximum absolute atomic E-state index is 11.9. The SMILES string of the molecule is Cc1ccc(C(=O)CN=Cc2cc([N+](=O)[O-])ccc2O)cc1. The number of phenols is 1. The normalized spacial score (nSPS) is 10.8. The van der Waals surface area contributed by atoms with Gasteiger partial charge in [0.2, 0.25) is 0 Å². The molecule has 0 radical (unpaired) electrons. The Balaban J connectivity index is 2.09. The molecule has 6 heteroatoms. The maximum Gasteiger partial charge on any atom is 0.270 e. The predicted molar refractivity (Wildman–Crippen MR) is 82.7 cm³/mol. The van der Waals surface area contributed by atoms with Crippen LogP contribution in [-0.4, -0.2) is 28.6 Å². The molecule has 0 aliphatic rings. The van der Waals surface area contributed by atoms with Crippen molar-refractivity contribution in [3.63, 3.8) is 0 Å². The Labute approximate surface area is 126 Å². The highest BCUT2D eigenvalue weighted by atomic mass is 16.6. The number of hydrogen-bond acceptors (Lipinski definition) is 5. The lowest BCUT2D eigenvalue weighted by atomic mass is 10.1. The van der Waals surface area contributed by atoms with Crippen LogP contribution in [0.1, 0.15) is 21.5 Å². The molecule has 6 nitrogen and oxygen atoms in total. The van der Waals surface area contributed by atoms with Crippen molar-refractivity contribution in [2.24, 2.45) is 4.99 Å². The van der Waals surface area contributed by atoms with Gasteiger partial charge in [-0.3, -0.25) is 19.9 Å². The van der Waals surface area contributed by atoms with Crippen LogP contribution in [0.15, 0.2) is 47.5 Å². The lowest BCUT2D eigenvalue weighted by Gasteiger charge is -2.00. The fourth-order valence-corrected chi connectivity index (χ4v) is 1.82. The van der Waals surface area contributed by atoms with Crippen molar-refractivity contribution in [1.82, 2.24) is 0 Å². The molecule has 0 amide bonds. The number of hydrogen-bond donors (Lipinski definition) is 1. The molecule has 2 rings (SSSR count). The predicted octanol–water partition coefficient (Wildman–Crippen LogP) is 2.91. The van der Waals surface area contributed by atoms with Crippen molar-refractivity contribution in [3.05, 3.63) is 69.3 Å². The van der Waals surface area contributed by atoms with Gasteiger partial charge >= 0.3 is 0 Å². The minimum Gasteiger partial charge on any atom is -0.507 e. The molecule has 22 heavy (non-hydrogen) atoms. The number of aliphatic imine (C=N–C) groups is 1. The Morgan fingerprint density at radius 1 is 1.27 bits per heavy atom. The molecule has 0 aromatic heterocycles. The van der Waals surface area contributed by atoms with E-state index in [0.717, 1.165) is 5.56 Å². The summed E-state index contributed by atoms with van der Waals surface area (Å²) >= 11 is 0. The van der Waals surface area contributed by atoms with E-state index in [9.17, 15) is 20.0 Å². The number of aryl methyl sites for hydroxylation is 1. The van der Waals surface area contributed by atoms with Crippen molar-refractivity contribution in [1.29, 1.82) is 0 Å². The van der Waals surface area contributed by atoms with E-state index in [-0.39, 0.29) is 29.3 Å². The molecule has 0 saturated heterocycles. The molecule has 0 spiro atoms. The number of benzene rings is 2. The third-order valence-electron chi connectivity index (χ3n) is 3.06. The molecule has 2 aromatic rings. The van der Waals surface area contributed by atoms with Gasteiger partial charge in [-0.15, -0.1) is 0 Å². The number of aromatic hydroxyl groups is 1. The number of non-ortho nitro benzene ring substituents is 1. The number of Topliss-reactive ketones (excluding diaryl/α,β-unsaturated/α-hetero) is 1. The maximum atomic E-state index is 11.9. The molecule has 112 valence electrons. The highest BCUT2D eigenvalue weighted by molar-refractivity contribution is 5.99. The molecule has 0 heterocycles. The third kappa shape index (κ3) is 3.76. The number of phenolic OH excluding ortho intramolecular Hbond substituents is 1. The van der Waals surface area contributed by atoms with Crippen LogP contribution in [0.3, 0.4) is 0 Å². The zero-order chi connectivity index (χ0) is 16.1. The third-order valence-corrected chi connectivity index (χ3v) is 3.06. The molecule has 0 fully saturated rings. The van der Waals surface area contributed by atoms with Crippen molar-refractivity contribution < 1.29 is 14.8 Å². The van der Waals surface area contributed by atoms with E-state index in [0.29, 0.717) is 5.56 Å². The number of ketones is 1. The van der Waals surface area contributed by atoms with Crippen LogP contribution < -0.4 is 0 Å². The summed E-state index contributed by atoms with van der Waals surface area (Å²) in [5, 5.41) is 20.3. The minimum absolute atomic E-state index is 0.0921. The first-order valence-corrected chi connectivity index (χ1v) is 6.54. The molecular formula is C16H14N2O4. The summed E-state index contributed by atoms with van der Waals surface area (Å²) in [6.45, 7) is 1.84. The molecule has 0 aliphatic heterocycles. The van der Waals surface area contributed by atoms with E-state index in [1.54, 1.807) is 12.1 Å². The van der Waals surface area contributed by atoms with Crippen molar-refractivity contribution in [3.8, 4) is 5.75 Å². The van der Waals surface area contributed by atoms with E-state index in [2.05, 4.69) is 4.99 Å². The van der Waals surface area contributed by atoms with Crippen LogP contribution >= 0.6 is 0 Å². The number of nitro benzene ring substituents is 1. The van der Waals surface area contributed by atoms with Gasteiger partial charge in [0.1, 0.15) is 12.3 Å². The van der Waals surface area contributed by atoms with Gasteiger partial charge in [-0.25, -0.2) is 0 Å². The molecule has 1 N–H and O–H groups in total. The number of carbonyl (C=O) groups excluding carboxylic acids is 1. The fraction of sp³-hybridized carbons (Fsp3) is 0.125. The van der Waals surface area contributed by atoms with Gasteiger partial charge in [-0.1, -0.05) is 29.8 Å². The zero-order valence-corrected chi connectivity index (χ0v) is 11.9. The quantitative estimate of drug-likeness (QED) is 0.397. The van der Waals surface area contributed by atoms with E-state index >= 15 is 0 Å². The first-order chi connectivity index (χ1) is 10.5. The number of carbonyl (C=O) groups is 1. The summed E-state index contributed by atoms with van der Waals surface area (Å²) in [4.78, 5) is 26.0. The minimum atomic E-state index is -0.561. The van der Waals surface area contributed by atoms with E-state index in [1.165, 1.54) is 24.4 Å². The van der Waals surface area contributed by atoms with Crippen LogP contribution in [0.5, 0.6) is 5.75 Å². The second kappa shape index (κ2) is 6.62. The highest BCUT2D eigenvalue weighted by Gasteiger charge is 2.09. The largest absolute Gasteiger partial charge is 0.507 e. The Bertz CT molecular complexity index is 736. The smallest absolute Gasteiger partial charge is 0.270 e. The van der Waals surface area contributed by atoms with Gasteiger partial charge < -0.3 is 5.11 Å². The van der Waals surface area contributed by atoms with Crippen LogP contribution in [0, 0.1) is 17.0 Å². The summed E-state index contributed by atoms with van der Waals surface area (Å²) in [5.41, 5.74) is 1.66. The van der Waals surface area contributed by atoms with Crippen LogP contribution in [0.25, 0.3) is 0 Å². The van der Waals surface area contributed by atoms with Crippen molar-refractivity contribution in [2.45, 2.75) is 6.92 Å². The number of nitrogens with zero attached hydrogens (tertiary/aromatic N) is 2. The Morgan fingerprint density at radius 2 is 1.95 bits per heavy atom. The first-order valence-electron chi connectivity index (χ1n) is 6.54. The summed E-state index contributed by atoms with van der Waals surface area (Å²) in [6.07, 6.45) is 1.26. The summed E-state index contributed by atoms with van der Waals surface area (Å²) < 4.78 is 0. The van der Waals surface area contributed by atoms with Gasteiger partial charge in [0.15, 0.2) is 5.78 Å². The summed E-state index contributed by atoms with van der Waals surface area (Å²) in [7, 11) is 0. The van der Waals surface area contributed by atoms with Crippen molar-refractivity contribution >= 4 is 17.7 Å². The van der Waals surface area contributed by atoms with Crippen LogP contribution in [-0.2, 0) is 0 Å². The number of rotatable bonds is 5. The molecule has 0 atom stereocenters. The zero-order valence-electron chi connectivity index (χ0n) is 11.9. The van der Waals surface area contributed by atoms with Crippen LogP contribution in [0.4, 0.5) is 5.69 Å². The average molecular weight is 298 g/mol. The monoisotopic (exact) mass is 298 g/mol. The van der Waals surface area contributed by atoms with Gasteiger partial charge in [0.25, 0.3) is 5.69 Å². The van der Waals surface area contributed by atoms with E-state index < -0.39 is 4.92 Å². The second-order valence-electron chi connectivity index (χ2n) is 4.76. The van der Waals surface area contributed by atoms with Gasteiger partial charge in [-0.05, 0) is 13.0 Å². The summed E-state index contributed by atoms with van der Waals surface area (Å²) in [6, 6.07) is 10.7.